The van der Waals surface area contributed by atoms with E-state index in [2.05, 4.69) is 4.98 Å². The van der Waals surface area contributed by atoms with Gasteiger partial charge in [-0.25, -0.2) is 8.42 Å². The molecule has 1 aromatic heterocycles. The molecule has 1 aromatic rings. The number of nitrogens with two attached hydrogens (primary N) is 1. The van der Waals surface area contributed by atoms with E-state index in [-0.39, 0.29) is 17.7 Å². The lowest BCUT2D eigenvalue weighted by Crippen LogP contribution is -2.34. The van der Waals surface area contributed by atoms with Gasteiger partial charge in [-0.3, -0.25) is 4.98 Å². The first-order chi connectivity index (χ1) is 7.47. The monoisotopic (exact) mass is 240 g/mol. The molecular weight excluding hydrogens is 224 g/mol. The first-order valence-electron chi connectivity index (χ1n) is 5.34. The zero-order chi connectivity index (χ0) is 11.8. The quantitative estimate of drug-likeness (QED) is 0.834. The highest BCUT2D eigenvalue weighted by molar-refractivity contribution is 7.90. The summed E-state index contributed by atoms with van der Waals surface area (Å²) >= 11 is 0. The third-order valence-corrected chi connectivity index (χ3v) is 4.00. The fourth-order valence-corrected chi connectivity index (χ4v) is 3.26. The van der Waals surface area contributed by atoms with Crippen LogP contribution in [0.25, 0.3) is 0 Å². The van der Waals surface area contributed by atoms with Crippen molar-refractivity contribution in [3.8, 4) is 0 Å². The summed E-state index contributed by atoms with van der Waals surface area (Å²) in [6, 6.07) is 3.60. The van der Waals surface area contributed by atoms with Crippen LogP contribution >= 0.6 is 0 Å². The third kappa shape index (κ3) is 2.41. The summed E-state index contributed by atoms with van der Waals surface area (Å²) in [5, 5.41) is 0. The number of nitrogens with zero attached hydrogens (tertiary/aromatic N) is 1. The van der Waals surface area contributed by atoms with Gasteiger partial charge in [0.2, 0.25) is 0 Å². The molecular formula is C11H16N2O2S. The number of sulfone groups is 1. The van der Waals surface area contributed by atoms with E-state index >= 15 is 0 Å². The van der Waals surface area contributed by atoms with Crippen molar-refractivity contribution < 1.29 is 8.42 Å². The molecule has 2 unspecified atom stereocenters. The normalized spacial score (nSPS) is 21.8. The Hall–Kier alpha value is -0.940. The molecule has 4 nitrogen and oxygen atoms in total. The topological polar surface area (TPSA) is 73.0 Å². The second kappa shape index (κ2) is 4.14. The Morgan fingerprint density at radius 2 is 2.38 bits per heavy atom. The van der Waals surface area contributed by atoms with E-state index in [0.29, 0.717) is 0 Å². The van der Waals surface area contributed by atoms with Crippen molar-refractivity contribution >= 4 is 9.84 Å². The minimum absolute atomic E-state index is 0.0354. The largest absolute Gasteiger partial charge is 0.326 e. The Balaban J connectivity index is 2.19. The molecule has 0 aromatic carbocycles. The SMILES string of the molecule is CS(=O)(=O)CC(N)C1CCc2cccnc21. The minimum Gasteiger partial charge on any atom is -0.326 e. The van der Waals surface area contributed by atoms with Crippen LogP contribution in [-0.4, -0.2) is 31.5 Å². The summed E-state index contributed by atoms with van der Waals surface area (Å²) < 4.78 is 22.4. The van der Waals surface area contributed by atoms with Crippen molar-refractivity contribution in [1.82, 2.24) is 4.98 Å². The number of hydrogen-bond donors (Lipinski definition) is 1. The second-order valence-electron chi connectivity index (χ2n) is 4.45. The Bertz CT molecular complexity index is 485. The van der Waals surface area contributed by atoms with Crippen LogP contribution in [0.1, 0.15) is 23.6 Å². The van der Waals surface area contributed by atoms with Gasteiger partial charge in [0.05, 0.1) is 5.75 Å². The minimum atomic E-state index is -3.02. The van der Waals surface area contributed by atoms with Gasteiger partial charge in [-0.15, -0.1) is 0 Å². The third-order valence-electron chi connectivity index (χ3n) is 3.01. The van der Waals surface area contributed by atoms with Gasteiger partial charge in [-0.2, -0.15) is 0 Å². The molecule has 0 amide bonds. The molecule has 2 rings (SSSR count). The first kappa shape index (κ1) is 11.5. The van der Waals surface area contributed by atoms with E-state index in [9.17, 15) is 8.42 Å². The van der Waals surface area contributed by atoms with E-state index in [1.807, 2.05) is 12.1 Å². The van der Waals surface area contributed by atoms with E-state index in [1.54, 1.807) is 6.20 Å². The fourth-order valence-electron chi connectivity index (χ4n) is 2.33. The lowest BCUT2D eigenvalue weighted by atomic mass is 9.99. The van der Waals surface area contributed by atoms with Gasteiger partial charge in [-0.05, 0) is 24.5 Å². The molecule has 1 aliphatic rings. The zero-order valence-corrected chi connectivity index (χ0v) is 10.1. The van der Waals surface area contributed by atoms with E-state index in [4.69, 9.17) is 5.73 Å². The van der Waals surface area contributed by atoms with Crippen LogP contribution in [0.15, 0.2) is 18.3 Å². The lowest BCUT2D eigenvalue weighted by molar-refractivity contribution is 0.539. The van der Waals surface area contributed by atoms with Gasteiger partial charge in [0, 0.05) is 30.1 Å². The average Bonchev–Trinajstić information content (AvgIpc) is 2.58. The molecule has 88 valence electrons. The summed E-state index contributed by atoms with van der Waals surface area (Å²) in [5.41, 5.74) is 8.15. The molecule has 1 aliphatic carbocycles. The zero-order valence-electron chi connectivity index (χ0n) is 9.26. The number of pyridine rings is 1. The van der Waals surface area contributed by atoms with Gasteiger partial charge in [0.15, 0.2) is 0 Å². The van der Waals surface area contributed by atoms with Crippen LogP contribution in [0.4, 0.5) is 0 Å². The molecule has 0 saturated heterocycles. The molecule has 0 bridgehead atoms. The first-order valence-corrected chi connectivity index (χ1v) is 7.40. The maximum atomic E-state index is 11.2. The van der Waals surface area contributed by atoms with Gasteiger partial charge in [-0.1, -0.05) is 6.07 Å². The predicted molar refractivity (Wildman–Crippen MR) is 63.0 cm³/mol. The van der Waals surface area contributed by atoms with Crippen LogP contribution in [0, 0.1) is 0 Å². The second-order valence-corrected chi connectivity index (χ2v) is 6.63. The molecule has 1 heterocycles. The van der Waals surface area contributed by atoms with E-state index < -0.39 is 9.84 Å². The number of hydrogen-bond acceptors (Lipinski definition) is 4. The summed E-state index contributed by atoms with van der Waals surface area (Å²) in [6.07, 6.45) is 4.82. The summed E-state index contributed by atoms with van der Waals surface area (Å²) in [7, 11) is -3.02. The highest BCUT2D eigenvalue weighted by Crippen LogP contribution is 2.33. The Labute approximate surface area is 95.8 Å². The lowest BCUT2D eigenvalue weighted by Gasteiger charge is -2.18. The van der Waals surface area contributed by atoms with Crippen LogP contribution in [0.3, 0.4) is 0 Å². The predicted octanol–water partition coefficient (Wildman–Crippen LogP) is 0.483. The highest BCUT2D eigenvalue weighted by atomic mass is 32.2. The number of fused-ring (bicyclic) bond motifs is 1. The van der Waals surface area contributed by atoms with Crippen molar-refractivity contribution in [2.45, 2.75) is 24.8 Å². The van der Waals surface area contributed by atoms with E-state index in [1.165, 1.54) is 11.8 Å². The molecule has 0 saturated carbocycles. The Morgan fingerprint density at radius 3 is 3.06 bits per heavy atom. The standard InChI is InChI=1S/C11H16N2O2S/c1-16(14,15)7-10(12)9-5-4-8-3-2-6-13-11(8)9/h2-3,6,9-10H,4-5,7,12H2,1H3. The maximum absolute atomic E-state index is 11.2. The number of aryl methyl sites for hydroxylation is 1. The van der Waals surface area contributed by atoms with Crippen molar-refractivity contribution in [3.05, 3.63) is 29.6 Å². The van der Waals surface area contributed by atoms with Crippen molar-refractivity contribution in [2.24, 2.45) is 5.73 Å². The molecule has 0 aliphatic heterocycles. The van der Waals surface area contributed by atoms with E-state index in [0.717, 1.165) is 18.5 Å². The molecule has 0 spiro atoms. The molecule has 0 radical (unpaired) electrons. The molecule has 0 fully saturated rings. The van der Waals surface area contributed by atoms with Gasteiger partial charge < -0.3 is 5.73 Å². The molecule has 2 N–H and O–H groups in total. The van der Waals surface area contributed by atoms with Crippen LogP contribution in [0.2, 0.25) is 0 Å². The summed E-state index contributed by atoms with van der Waals surface area (Å²) in [4.78, 5) is 4.32. The van der Waals surface area contributed by atoms with Crippen LogP contribution < -0.4 is 5.73 Å². The smallest absolute Gasteiger partial charge is 0.149 e. The van der Waals surface area contributed by atoms with Gasteiger partial charge in [0.1, 0.15) is 9.84 Å². The summed E-state index contributed by atoms with van der Waals surface area (Å²) in [5.74, 6) is 0.124. The van der Waals surface area contributed by atoms with Crippen LogP contribution in [-0.2, 0) is 16.3 Å². The van der Waals surface area contributed by atoms with Gasteiger partial charge >= 0.3 is 0 Å². The highest BCUT2D eigenvalue weighted by Gasteiger charge is 2.30. The molecule has 16 heavy (non-hydrogen) atoms. The Kier molecular flexibility index (Phi) is 2.99. The number of aromatic nitrogens is 1. The molecule has 5 heteroatoms. The van der Waals surface area contributed by atoms with Crippen molar-refractivity contribution in [1.29, 1.82) is 0 Å². The Morgan fingerprint density at radius 1 is 1.62 bits per heavy atom. The molecule has 2 atom stereocenters. The number of rotatable bonds is 3. The maximum Gasteiger partial charge on any atom is 0.149 e. The van der Waals surface area contributed by atoms with Crippen molar-refractivity contribution in [2.75, 3.05) is 12.0 Å². The fraction of sp³-hybridized carbons (Fsp3) is 0.545. The summed E-state index contributed by atoms with van der Waals surface area (Å²) in [6.45, 7) is 0. The van der Waals surface area contributed by atoms with Crippen molar-refractivity contribution in [3.63, 3.8) is 0 Å². The van der Waals surface area contributed by atoms with Crippen LogP contribution in [0.5, 0.6) is 0 Å². The van der Waals surface area contributed by atoms with Gasteiger partial charge in [0.25, 0.3) is 0 Å². The average molecular weight is 240 g/mol.